The fourth-order valence-corrected chi connectivity index (χ4v) is 2.43. The summed E-state index contributed by atoms with van der Waals surface area (Å²) in [6.45, 7) is 0. The number of halogens is 1. The molecule has 1 unspecified atom stereocenters. The smallest absolute Gasteiger partial charge is 0.249 e. The summed E-state index contributed by atoms with van der Waals surface area (Å²) >= 11 is 5.94. The summed E-state index contributed by atoms with van der Waals surface area (Å²) < 4.78 is 0. The van der Waals surface area contributed by atoms with Crippen LogP contribution in [0.4, 0.5) is 5.69 Å². The number of benzene rings is 1. The first-order valence-electron chi connectivity index (χ1n) is 6.28. The summed E-state index contributed by atoms with van der Waals surface area (Å²) in [5, 5.41) is 7.00. The Bertz CT molecular complexity index is 702. The first kappa shape index (κ1) is 12.9. The third kappa shape index (κ3) is 2.44. The van der Waals surface area contributed by atoms with E-state index in [4.69, 9.17) is 11.6 Å². The highest BCUT2D eigenvalue weighted by atomic mass is 35.5. The maximum Gasteiger partial charge on any atom is 0.249 e. The second-order valence-electron chi connectivity index (χ2n) is 4.67. The molecule has 1 atom stereocenters. The monoisotopic (exact) mass is 289 g/mol. The zero-order chi connectivity index (χ0) is 14.1. The number of carbonyl (C=O) groups excluding carboxylic acids is 2. The van der Waals surface area contributed by atoms with Crippen molar-refractivity contribution in [3.63, 3.8) is 0 Å². The number of anilines is 1. The molecule has 1 aromatic heterocycles. The first-order valence-corrected chi connectivity index (χ1v) is 6.66. The van der Waals surface area contributed by atoms with Crippen molar-refractivity contribution < 1.29 is 9.59 Å². The van der Waals surface area contributed by atoms with Gasteiger partial charge < -0.3 is 5.32 Å². The molecule has 0 radical (unpaired) electrons. The fourth-order valence-electron chi connectivity index (χ4n) is 2.27. The molecule has 1 aromatic carbocycles. The number of fused-ring (bicyclic) bond motifs is 1. The van der Waals surface area contributed by atoms with E-state index in [1.165, 1.54) is 0 Å². The van der Waals surface area contributed by atoms with E-state index in [0.717, 1.165) is 16.6 Å². The van der Waals surface area contributed by atoms with Crippen LogP contribution >= 0.6 is 11.6 Å². The van der Waals surface area contributed by atoms with E-state index in [0.29, 0.717) is 17.9 Å². The molecule has 0 spiro atoms. The normalized spacial score (nSPS) is 18.9. The van der Waals surface area contributed by atoms with Crippen molar-refractivity contribution in [2.75, 3.05) is 5.32 Å². The minimum absolute atomic E-state index is 0.223. The second-order valence-corrected chi connectivity index (χ2v) is 5.10. The zero-order valence-corrected chi connectivity index (χ0v) is 11.3. The van der Waals surface area contributed by atoms with Crippen LogP contribution in [0.2, 0.25) is 5.02 Å². The van der Waals surface area contributed by atoms with Crippen molar-refractivity contribution in [3.8, 4) is 0 Å². The van der Waals surface area contributed by atoms with Crippen molar-refractivity contribution in [3.05, 3.63) is 35.5 Å². The zero-order valence-electron chi connectivity index (χ0n) is 10.5. The van der Waals surface area contributed by atoms with Crippen LogP contribution in [-0.2, 0) is 9.59 Å². The first-order chi connectivity index (χ1) is 9.63. The van der Waals surface area contributed by atoms with E-state index in [1.54, 1.807) is 24.4 Å². The molecule has 1 saturated heterocycles. The Morgan fingerprint density at radius 1 is 1.30 bits per heavy atom. The number of hydrogen-bond acceptors (Lipinski definition) is 4. The van der Waals surface area contributed by atoms with E-state index < -0.39 is 6.04 Å². The van der Waals surface area contributed by atoms with Crippen molar-refractivity contribution in [2.45, 2.75) is 18.9 Å². The molecule has 6 heteroatoms. The number of nitrogens with one attached hydrogen (secondary N) is 2. The molecule has 0 bridgehead atoms. The van der Waals surface area contributed by atoms with Crippen LogP contribution in [0.25, 0.3) is 10.9 Å². The average Bonchev–Trinajstić information content (AvgIpc) is 2.41. The van der Waals surface area contributed by atoms with Gasteiger partial charge in [-0.25, -0.2) is 0 Å². The number of nitrogens with zero attached hydrogens (tertiary/aromatic N) is 1. The third-order valence-corrected chi connectivity index (χ3v) is 3.51. The molecular weight excluding hydrogens is 278 g/mol. The minimum Gasteiger partial charge on any atom is -0.373 e. The van der Waals surface area contributed by atoms with Gasteiger partial charge in [0.2, 0.25) is 11.8 Å². The highest BCUT2D eigenvalue weighted by Crippen LogP contribution is 2.25. The molecule has 1 aliphatic rings. The van der Waals surface area contributed by atoms with Gasteiger partial charge in [-0.3, -0.25) is 19.9 Å². The van der Waals surface area contributed by atoms with Gasteiger partial charge in [0.15, 0.2) is 0 Å². The fraction of sp³-hybridized carbons (Fsp3) is 0.214. The third-order valence-electron chi connectivity index (χ3n) is 3.27. The van der Waals surface area contributed by atoms with Crippen LogP contribution in [0, 0.1) is 0 Å². The number of imide groups is 1. The van der Waals surface area contributed by atoms with Gasteiger partial charge in [0, 0.05) is 28.7 Å². The lowest BCUT2D eigenvalue weighted by Crippen LogP contribution is -2.47. The van der Waals surface area contributed by atoms with Crippen molar-refractivity contribution >= 4 is 40.0 Å². The largest absolute Gasteiger partial charge is 0.373 e. The number of amides is 2. The Labute approximate surface area is 120 Å². The highest BCUT2D eigenvalue weighted by molar-refractivity contribution is 6.31. The molecule has 3 rings (SSSR count). The number of hydrogen-bond donors (Lipinski definition) is 2. The lowest BCUT2D eigenvalue weighted by Gasteiger charge is -2.23. The predicted octanol–water partition coefficient (Wildman–Crippen LogP) is 2.11. The van der Waals surface area contributed by atoms with Gasteiger partial charge in [-0.05, 0) is 30.7 Å². The number of piperidine rings is 1. The summed E-state index contributed by atoms with van der Waals surface area (Å²) in [6.07, 6.45) is 2.49. The van der Waals surface area contributed by atoms with Gasteiger partial charge >= 0.3 is 0 Å². The number of rotatable bonds is 2. The molecule has 2 amide bonds. The topological polar surface area (TPSA) is 71.1 Å². The van der Waals surface area contributed by atoms with Crippen LogP contribution in [0.5, 0.6) is 0 Å². The standard InChI is InChI=1S/C14H12ClN3O2/c15-8-1-2-9-10(5-6-16-12(9)7-8)17-11-3-4-13(19)18-14(11)20/h1-2,5-7,11H,3-4H2,(H,16,17)(H,18,19,20). The van der Waals surface area contributed by atoms with Gasteiger partial charge in [0.05, 0.1) is 5.52 Å². The van der Waals surface area contributed by atoms with Crippen LogP contribution in [-0.4, -0.2) is 22.8 Å². The van der Waals surface area contributed by atoms with Crippen molar-refractivity contribution in [2.24, 2.45) is 0 Å². The minimum atomic E-state index is -0.408. The van der Waals surface area contributed by atoms with Gasteiger partial charge in [-0.15, -0.1) is 0 Å². The Balaban J connectivity index is 1.91. The van der Waals surface area contributed by atoms with Gasteiger partial charge in [-0.1, -0.05) is 11.6 Å². The van der Waals surface area contributed by atoms with E-state index >= 15 is 0 Å². The van der Waals surface area contributed by atoms with Crippen LogP contribution in [0.15, 0.2) is 30.5 Å². The van der Waals surface area contributed by atoms with Gasteiger partial charge in [-0.2, -0.15) is 0 Å². The number of aromatic nitrogens is 1. The molecule has 5 nitrogen and oxygen atoms in total. The van der Waals surface area contributed by atoms with Gasteiger partial charge in [0.25, 0.3) is 0 Å². The quantitative estimate of drug-likeness (QED) is 0.831. The Morgan fingerprint density at radius 3 is 2.95 bits per heavy atom. The number of carbonyl (C=O) groups is 2. The van der Waals surface area contributed by atoms with E-state index in [-0.39, 0.29) is 11.8 Å². The van der Waals surface area contributed by atoms with Gasteiger partial charge in [0.1, 0.15) is 6.04 Å². The maximum absolute atomic E-state index is 11.8. The highest BCUT2D eigenvalue weighted by Gasteiger charge is 2.26. The summed E-state index contributed by atoms with van der Waals surface area (Å²) in [7, 11) is 0. The Kier molecular flexibility index (Phi) is 3.28. The second kappa shape index (κ2) is 5.09. The van der Waals surface area contributed by atoms with E-state index in [9.17, 15) is 9.59 Å². The van der Waals surface area contributed by atoms with Crippen molar-refractivity contribution in [1.29, 1.82) is 0 Å². The molecule has 0 aliphatic carbocycles. The molecular formula is C14H12ClN3O2. The summed E-state index contributed by atoms with van der Waals surface area (Å²) in [5.41, 5.74) is 1.57. The number of pyridine rings is 1. The molecule has 20 heavy (non-hydrogen) atoms. The van der Waals surface area contributed by atoms with Crippen LogP contribution in [0.3, 0.4) is 0 Å². The maximum atomic E-state index is 11.8. The van der Waals surface area contributed by atoms with Crippen LogP contribution in [0.1, 0.15) is 12.8 Å². The molecule has 0 saturated carbocycles. The van der Waals surface area contributed by atoms with E-state index in [2.05, 4.69) is 15.6 Å². The molecule has 1 fully saturated rings. The lowest BCUT2D eigenvalue weighted by molar-refractivity contribution is -0.133. The predicted molar refractivity (Wildman–Crippen MR) is 76.5 cm³/mol. The summed E-state index contributed by atoms with van der Waals surface area (Å²) in [4.78, 5) is 27.2. The lowest BCUT2D eigenvalue weighted by atomic mass is 10.1. The molecule has 102 valence electrons. The summed E-state index contributed by atoms with van der Waals surface area (Å²) in [5.74, 6) is -0.514. The summed E-state index contributed by atoms with van der Waals surface area (Å²) in [6, 6.07) is 6.81. The SMILES string of the molecule is O=C1CCC(Nc2ccnc3cc(Cl)ccc23)C(=O)N1. The Morgan fingerprint density at radius 2 is 2.15 bits per heavy atom. The average molecular weight is 290 g/mol. The van der Waals surface area contributed by atoms with Crippen molar-refractivity contribution in [1.82, 2.24) is 10.3 Å². The molecule has 1 aliphatic heterocycles. The molecule has 2 heterocycles. The molecule has 2 N–H and O–H groups in total. The van der Waals surface area contributed by atoms with Crippen LogP contribution < -0.4 is 10.6 Å². The Hall–Kier alpha value is -2.14. The molecule has 2 aromatic rings. The van der Waals surface area contributed by atoms with E-state index in [1.807, 2.05) is 6.07 Å².